The van der Waals surface area contributed by atoms with E-state index in [1.807, 2.05) is 0 Å². The largest absolute Gasteiger partial charge is 0.481 e. The molecule has 0 spiro atoms. The van der Waals surface area contributed by atoms with Crippen LogP contribution in [0, 0.1) is 5.92 Å². The molecule has 0 aromatic heterocycles. The summed E-state index contributed by atoms with van der Waals surface area (Å²) in [5.74, 6) is -0.444. The highest BCUT2D eigenvalue weighted by molar-refractivity contribution is 5.67. The summed E-state index contributed by atoms with van der Waals surface area (Å²) in [4.78, 5) is 12.5. The smallest absolute Gasteiger partial charge is 0.303 e. The average Bonchev–Trinajstić information content (AvgIpc) is 2.33. The molecule has 4 heteroatoms. The maximum atomic E-state index is 10.4. The lowest BCUT2D eigenvalue weighted by atomic mass is 10.1. The Morgan fingerprint density at radius 2 is 2.38 bits per heavy atom. The van der Waals surface area contributed by atoms with Gasteiger partial charge in [0.1, 0.15) is 0 Å². The van der Waals surface area contributed by atoms with Gasteiger partial charge in [0.25, 0.3) is 0 Å². The molecule has 0 aromatic rings. The predicted octanol–water partition coefficient (Wildman–Crippen LogP) is 0.164. The van der Waals surface area contributed by atoms with Gasteiger partial charge in [0, 0.05) is 19.5 Å². The van der Waals surface area contributed by atoms with Crippen LogP contribution >= 0.6 is 0 Å². The van der Waals surface area contributed by atoms with E-state index in [9.17, 15) is 4.79 Å². The molecular weight excluding hydrogens is 170 g/mol. The van der Waals surface area contributed by atoms with E-state index in [-0.39, 0.29) is 18.4 Å². The molecule has 0 radical (unpaired) electrons. The molecule has 1 saturated heterocycles. The van der Waals surface area contributed by atoms with Crippen LogP contribution in [0.2, 0.25) is 0 Å². The van der Waals surface area contributed by atoms with Gasteiger partial charge in [0.15, 0.2) is 0 Å². The first-order valence-corrected chi connectivity index (χ1v) is 4.70. The highest BCUT2D eigenvalue weighted by Gasteiger charge is 2.24. The molecular formula is C9H17NO3. The minimum absolute atomic E-state index is 0.260. The van der Waals surface area contributed by atoms with Gasteiger partial charge in [-0.15, -0.1) is 0 Å². The summed E-state index contributed by atoms with van der Waals surface area (Å²) >= 11 is 0. The lowest BCUT2D eigenvalue weighted by molar-refractivity contribution is -0.138. The van der Waals surface area contributed by atoms with Crippen molar-refractivity contribution in [2.75, 3.05) is 19.6 Å². The molecule has 4 nitrogen and oxygen atoms in total. The Kier molecular flexibility index (Phi) is 3.69. The van der Waals surface area contributed by atoms with Crippen LogP contribution in [-0.2, 0) is 4.79 Å². The number of carboxylic acids is 1. The number of hydrogen-bond donors (Lipinski definition) is 2. The summed E-state index contributed by atoms with van der Waals surface area (Å²) in [6.07, 6.45) is 0.888. The molecule has 2 unspecified atom stereocenters. The van der Waals surface area contributed by atoms with Crippen molar-refractivity contribution in [3.8, 4) is 0 Å². The minimum atomic E-state index is -0.719. The monoisotopic (exact) mass is 187 g/mol. The first kappa shape index (κ1) is 10.5. The lowest BCUT2D eigenvalue weighted by Crippen LogP contribution is -2.29. The number of β-amino-alcohol motifs (C(OH)–C–C–N with tert-alkyl or cyclic N) is 1. The number of carboxylic acid groups (broad SMARTS) is 1. The second-order valence-corrected chi connectivity index (χ2v) is 3.86. The fourth-order valence-corrected chi connectivity index (χ4v) is 1.87. The summed E-state index contributed by atoms with van der Waals surface area (Å²) in [6, 6.07) is 0. The van der Waals surface area contributed by atoms with E-state index >= 15 is 0 Å². The van der Waals surface area contributed by atoms with E-state index in [1.165, 1.54) is 0 Å². The molecule has 0 aromatic carbocycles. The summed E-state index contributed by atoms with van der Waals surface area (Å²) in [6.45, 7) is 4.15. The van der Waals surface area contributed by atoms with Crippen molar-refractivity contribution in [3.63, 3.8) is 0 Å². The van der Waals surface area contributed by atoms with E-state index < -0.39 is 5.97 Å². The lowest BCUT2D eigenvalue weighted by Gasteiger charge is -2.16. The Morgan fingerprint density at radius 1 is 1.69 bits per heavy atom. The number of rotatable bonds is 4. The van der Waals surface area contributed by atoms with Crippen LogP contribution in [0.15, 0.2) is 0 Å². The SMILES string of the molecule is CC(O)CN1CCC(CC(=O)O)C1. The van der Waals surface area contributed by atoms with Crippen LogP contribution in [-0.4, -0.2) is 46.8 Å². The Hall–Kier alpha value is -0.610. The van der Waals surface area contributed by atoms with E-state index in [1.54, 1.807) is 6.92 Å². The van der Waals surface area contributed by atoms with Gasteiger partial charge in [-0.2, -0.15) is 0 Å². The maximum absolute atomic E-state index is 10.4. The second kappa shape index (κ2) is 4.58. The number of aliphatic hydroxyl groups excluding tert-OH is 1. The third-order valence-corrected chi connectivity index (χ3v) is 2.36. The summed E-state index contributed by atoms with van der Waals surface area (Å²) in [7, 11) is 0. The molecule has 0 bridgehead atoms. The Morgan fingerprint density at radius 3 is 2.92 bits per heavy atom. The minimum Gasteiger partial charge on any atom is -0.481 e. The average molecular weight is 187 g/mol. The quantitative estimate of drug-likeness (QED) is 0.658. The topological polar surface area (TPSA) is 60.8 Å². The highest BCUT2D eigenvalue weighted by Crippen LogP contribution is 2.19. The van der Waals surface area contributed by atoms with Crippen molar-refractivity contribution >= 4 is 5.97 Å². The fourth-order valence-electron chi connectivity index (χ4n) is 1.87. The van der Waals surface area contributed by atoms with E-state index in [0.29, 0.717) is 6.54 Å². The van der Waals surface area contributed by atoms with Gasteiger partial charge in [-0.05, 0) is 25.8 Å². The zero-order chi connectivity index (χ0) is 9.84. The molecule has 1 aliphatic rings. The number of carbonyl (C=O) groups is 1. The summed E-state index contributed by atoms with van der Waals surface area (Å²) in [5, 5.41) is 17.7. The standard InChI is InChI=1S/C9H17NO3/c1-7(11)5-10-3-2-8(6-10)4-9(12)13/h7-8,11H,2-6H2,1H3,(H,12,13). The third-order valence-electron chi connectivity index (χ3n) is 2.36. The number of hydrogen-bond acceptors (Lipinski definition) is 3. The van der Waals surface area contributed by atoms with Gasteiger partial charge in [-0.1, -0.05) is 0 Å². The molecule has 2 atom stereocenters. The molecule has 0 aliphatic carbocycles. The molecule has 1 aliphatic heterocycles. The van der Waals surface area contributed by atoms with Crippen molar-refractivity contribution in [3.05, 3.63) is 0 Å². The van der Waals surface area contributed by atoms with Gasteiger partial charge in [0.05, 0.1) is 6.10 Å². The van der Waals surface area contributed by atoms with Gasteiger partial charge >= 0.3 is 5.97 Å². The second-order valence-electron chi connectivity index (χ2n) is 3.86. The fraction of sp³-hybridized carbons (Fsp3) is 0.889. The first-order valence-electron chi connectivity index (χ1n) is 4.70. The molecule has 1 rings (SSSR count). The van der Waals surface area contributed by atoms with E-state index in [4.69, 9.17) is 10.2 Å². The predicted molar refractivity (Wildman–Crippen MR) is 48.5 cm³/mol. The van der Waals surface area contributed by atoms with Crippen LogP contribution in [0.4, 0.5) is 0 Å². The van der Waals surface area contributed by atoms with Gasteiger partial charge in [-0.3, -0.25) is 4.79 Å². The summed E-state index contributed by atoms with van der Waals surface area (Å²) < 4.78 is 0. The van der Waals surface area contributed by atoms with Crippen molar-refractivity contribution in [2.24, 2.45) is 5.92 Å². The Balaban J connectivity index is 2.24. The molecule has 76 valence electrons. The van der Waals surface area contributed by atoms with Crippen molar-refractivity contribution < 1.29 is 15.0 Å². The third kappa shape index (κ3) is 3.74. The molecule has 13 heavy (non-hydrogen) atoms. The van der Waals surface area contributed by atoms with Crippen LogP contribution in [0.5, 0.6) is 0 Å². The van der Waals surface area contributed by atoms with Crippen molar-refractivity contribution in [2.45, 2.75) is 25.9 Å². The first-order chi connectivity index (χ1) is 6.08. The number of likely N-dealkylation sites (tertiary alicyclic amines) is 1. The van der Waals surface area contributed by atoms with Crippen LogP contribution in [0.1, 0.15) is 19.8 Å². The zero-order valence-electron chi connectivity index (χ0n) is 7.94. The zero-order valence-corrected chi connectivity index (χ0v) is 7.94. The van der Waals surface area contributed by atoms with Crippen molar-refractivity contribution in [1.82, 2.24) is 4.90 Å². The number of nitrogens with zero attached hydrogens (tertiary/aromatic N) is 1. The number of aliphatic carboxylic acids is 1. The van der Waals surface area contributed by atoms with Crippen molar-refractivity contribution in [1.29, 1.82) is 0 Å². The highest BCUT2D eigenvalue weighted by atomic mass is 16.4. The Labute approximate surface area is 78.2 Å². The van der Waals surface area contributed by atoms with E-state index in [2.05, 4.69) is 4.90 Å². The molecule has 1 heterocycles. The van der Waals surface area contributed by atoms with E-state index in [0.717, 1.165) is 19.5 Å². The molecule has 2 N–H and O–H groups in total. The van der Waals surface area contributed by atoms with Gasteiger partial charge in [0.2, 0.25) is 0 Å². The Bertz CT molecular complexity index is 182. The van der Waals surface area contributed by atoms with Gasteiger partial charge < -0.3 is 15.1 Å². The summed E-state index contributed by atoms with van der Waals surface area (Å²) in [5.41, 5.74) is 0. The normalized spacial score (nSPS) is 26.2. The maximum Gasteiger partial charge on any atom is 0.303 e. The van der Waals surface area contributed by atoms with Crippen LogP contribution in [0.3, 0.4) is 0 Å². The molecule has 0 saturated carbocycles. The molecule has 0 amide bonds. The number of aliphatic hydroxyl groups is 1. The van der Waals surface area contributed by atoms with Crippen LogP contribution < -0.4 is 0 Å². The van der Waals surface area contributed by atoms with Crippen LogP contribution in [0.25, 0.3) is 0 Å². The van der Waals surface area contributed by atoms with Gasteiger partial charge in [-0.25, -0.2) is 0 Å². The molecule has 1 fully saturated rings.